The number of aliphatic hydroxyl groups excluding tert-OH is 1. The molecule has 0 radical (unpaired) electrons. The number of hydrogen-bond donors (Lipinski definition) is 3. The molecular formula is C36H67NO5S. The smallest absolute Gasteiger partial charge is 0.267 e. The molecule has 0 aliphatic carbocycles. The molecule has 0 aromatic rings. The van der Waals surface area contributed by atoms with E-state index in [2.05, 4.69) is 43.5 Å². The van der Waals surface area contributed by atoms with Gasteiger partial charge in [0.05, 0.1) is 17.9 Å². The van der Waals surface area contributed by atoms with E-state index in [1.807, 2.05) is 0 Å². The fourth-order valence-electron chi connectivity index (χ4n) is 5.11. The molecule has 0 aliphatic rings. The van der Waals surface area contributed by atoms with Crippen LogP contribution in [0.4, 0.5) is 0 Å². The Kier molecular flexibility index (Phi) is 29.6. The molecule has 0 spiro atoms. The van der Waals surface area contributed by atoms with Crippen LogP contribution in [0, 0.1) is 0 Å². The molecular weight excluding hydrogens is 558 g/mol. The fourth-order valence-corrected chi connectivity index (χ4v) is 5.84. The lowest BCUT2D eigenvalue weighted by atomic mass is 10.1. The Hall–Kier alpha value is -1.44. The Balaban J connectivity index is 4.09. The molecule has 0 saturated heterocycles. The molecule has 7 heteroatoms. The predicted molar refractivity (Wildman–Crippen MR) is 184 cm³/mol. The molecule has 0 fully saturated rings. The number of aliphatic hydroxyl groups is 1. The number of amides is 1. The van der Waals surface area contributed by atoms with Crippen molar-refractivity contribution < 1.29 is 22.9 Å². The first-order valence-corrected chi connectivity index (χ1v) is 19.3. The number of unbranched alkanes of at least 4 members (excludes halogenated alkanes) is 19. The molecule has 0 heterocycles. The van der Waals surface area contributed by atoms with Crippen LogP contribution < -0.4 is 5.32 Å². The number of hydrogen-bond acceptors (Lipinski definition) is 4. The Morgan fingerprint density at radius 2 is 1.00 bits per heavy atom. The lowest BCUT2D eigenvalue weighted by molar-refractivity contribution is -0.122. The van der Waals surface area contributed by atoms with Crippen LogP contribution in [0.3, 0.4) is 0 Å². The molecule has 0 aromatic heterocycles. The third-order valence-electron chi connectivity index (χ3n) is 7.79. The standard InChI is InChI=1S/C36H67NO5S/c1-3-5-7-9-11-13-15-17-18-20-21-23-25-27-29-31-35(38)34(33-43(40,41)42)37-36(39)32-30-28-26-24-22-19-16-14-12-10-8-6-4-2/h14,16,21,23,29,31,34-35,38H,3-13,15,17-20,22,24-28,30,32-33H2,1-2H3,(H,37,39)(H,40,41,42)/b16-14-,23-21+,31-29+. The Bertz CT molecular complexity index is 821. The van der Waals surface area contributed by atoms with Gasteiger partial charge in [-0.25, -0.2) is 0 Å². The molecule has 0 rings (SSSR count). The van der Waals surface area contributed by atoms with Gasteiger partial charge in [0.15, 0.2) is 0 Å². The van der Waals surface area contributed by atoms with Gasteiger partial charge in [0.1, 0.15) is 0 Å². The van der Waals surface area contributed by atoms with Crippen LogP contribution in [-0.4, -0.2) is 41.9 Å². The van der Waals surface area contributed by atoms with Crippen molar-refractivity contribution in [2.45, 2.75) is 180 Å². The second kappa shape index (κ2) is 30.6. The maximum Gasteiger partial charge on any atom is 0.267 e. The third kappa shape index (κ3) is 31.8. The van der Waals surface area contributed by atoms with Crippen molar-refractivity contribution in [3.05, 3.63) is 36.5 Å². The highest BCUT2D eigenvalue weighted by atomic mass is 32.2. The monoisotopic (exact) mass is 625 g/mol. The zero-order valence-corrected chi connectivity index (χ0v) is 28.6. The summed E-state index contributed by atoms with van der Waals surface area (Å²) < 4.78 is 32.3. The molecule has 0 aliphatic heterocycles. The summed E-state index contributed by atoms with van der Waals surface area (Å²) >= 11 is 0. The summed E-state index contributed by atoms with van der Waals surface area (Å²) in [6.07, 6.45) is 38.4. The number of rotatable bonds is 31. The number of allylic oxidation sites excluding steroid dienone is 5. The molecule has 0 aromatic carbocycles. The second-order valence-electron chi connectivity index (χ2n) is 12.1. The first kappa shape index (κ1) is 41.6. The van der Waals surface area contributed by atoms with Crippen LogP contribution >= 0.6 is 0 Å². The summed E-state index contributed by atoms with van der Waals surface area (Å²) in [5, 5.41) is 13.1. The van der Waals surface area contributed by atoms with Gasteiger partial charge >= 0.3 is 0 Å². The SMILES string of the molecule is CCCCCC/C=C\CCCCCCCC(=O)NC(CS(=O)(=O)O)C(O)/C=C/CC/C=C/CCCCCCCCCCC. The quantitative estimate of drug-likeness (QED) is 0.0404. The lowest BCUT2D eigenvalue weighted by Crippen LogP contribution is -2.46. The molecule has 43 heavy (non-hydrogen) atoms. The summed E-state index contributed by atoms with van der Waals surface area (Å²) in [5.74, 6) is -1.01. The van der Waals surface area contributed by atoms with E-state index in [0.717, 1.165) is 51.4 Å². The van der Waals surface area contributed by atoms with Gasteiger partial charge in [0, 0.05) is 6.42 Å². The molecule has 0 bridgehead atoms. The van der Waals surface area contributed by atoms with Gasteiger partial charge in [0.25, 0.3) is 10.1 Å². The van der Waals surface area contributed by atoms with E-state index in [9.17, 15) is 22.9 Å². The van der Waals surface area contributed by atoms with Gasteiger partial charge in [-0.2, -0.15) is 8.42 Å². The van der Waals surface area contributed by atoms with Crippen LogP contribution in [-0.2, 0) is 14.9 Å². The maximum atomic E-state index is 12.4. The minimum atomic E-state index is -4.35. The van der Waals surface area contributed by atoms with Crippen molar-refractivity contribution in [1.29, 1.82) is 0 Å². The van der Waals surface area contributed by atoms with Gasteiger partial charge in [0.2, 0.25) is 5.91 Å². The summed E-state index contributed by atoms with van der Waals surface area (Å²) in [6.45, 7) is 4.48. The van der Waals surface area contributed by atoms with Crippen molar-refractivity contribution in [1.82, 2.24) is 5.32 Å². The molecule has 0 saturated carbocycles. The van der Waals surface area contributed by atoms with Gasteiger partial charge < -0.3 is 10.4 Å². The van der Waals surface area contributed by atoms with E-state index in [1.54, 1.807) is 6.08 Å². The maximum absolute atomic E-state index is 12.4. The zero-order valence-electron chi connectivity index (χ0n) is 27.8. The fraction of sp³-hybridized carbons (Fsp3) is 0.806. The van der Waals surface area contributed by atoms with E-state index >= 15 is 0 Å². The van der Waals surface area contributed by atoms with E-state index in [0.29, 0.717) is 6.42 Å². The van der Waals surface area contributed by atoms with E-state index in [-0.39, 0.29) is 12.3 Å². The van der Waals surface area contributed by atoms with Crippen molar-refractivity contribution in [3.63, 3.8) is 0 Å². The van der Waals surface area contributed by atoms with E-state index < -0.39 is 28.0 Å². The summed E-state index contributed by atoms with van der Waals surface area (Å²) in [5.41, 5.74) is 0. The predicted octanol–water partition coefficient (Wildman–Crippen LogP) is 9.79. The molecule has 1 amide bonds. The molecule has 3 N–H and O–H groups in total. The summed E-state index contributed by atoms with van der Waals surface area (Å²) in [4.78, 5) is 12.4. The number of carbonyl (C=O) groups is 1. The lowest BCUT2D eigenvalue weighted by Gasteiger charge is -2.21. The summed E-state index contributed by atoms with van der Waals surface area (Å²) in [6, 6.07) is -1.07. The molecule has 2 unspecified atom stereocenters. The Morgan fingerprint density at radius 1 is 0.605 bits per heavy atom. The van der Waals surface area contributed by atoms with Crippen molar-refractivity contribution in [3.8, 4) is 0 Å². The van der Waals surface area contributed by atoms with Crippen LogP contribution in [0.15, 0.2) is 36.5 Å². The van der Waals surface area contributed by atoms with Gasteiger partial charge in [-0.1, -0.05) is 140 Å². The summed E-state index contributed by atoms with van der Waals surface area (Å²) in [7, 11) is -4.35. The van der Waals surface area contributed by atoms with Gasteiger partial charge in [-0.3, -0.25) is 9.35 Å². The van der Waals surface area contributed by atoms with Crippen LogP contribution in [0.25, 0.3) is 0 Å². The Morgan fingerprint density at radius 3 is 1.49 bits per heavy atom. The number of carbonyl (C=O) groups excluding carboxylic acids is 1. The topological polar surface area (TPSA) is 104 Å². The van der Waals surface area contributed by atoms with Crippen molar-refractivity contribution in [2.75, 3.05) is 5.75 Å². The molecule has 252 valence electrons. The van der Waals surface area contributed by atoms with Gasteiger partial charge in [-0.15, -0.1) is 0 Å². The highest BCUT2D eigenvalue weighted by Gasteiger charge is 2.24. The first-order valence-electron chi connectivity index (χ1n) is 17.7. The minimum Gasteiger partial charge on any atom is -0.387 e. The highest BCUT2D eigenvalue weighted by Crippen LogP contribution is 2.12. The van der Waals surface area contributed by atoms with Crippen molar-refractivity contribution in [2.24, 2.45) is 0 Å². The number of nitrogens with one attached hydrogen (secondary N) is 1. The third-order valence-corrected chi connectivity index (χ3v) is 8.57. The normalized spacial score (nSPS) is 13.9. The highest BCUT2D eigenvalue weighted by molar-refractivity contribution is 7.85. The first-order chi connectivity index (χ1) is 20.8. The molecule has 2 atom stereocenters. The Labute approximate surface area is 266 Å². The second-order valence-corrected chi connectivity index (χ2v) is 13.6. The minimum absolute atomic E-state index is 0.278. The van der Waals surface area contributed by atoms with Crippen LogP contribution in [0.5, 0.6) is 0 Å². The molecule has 6 nitrogen and oxygen atoms in total. The van der Waals surface area contributed by atoms with E-state index in [1.165, 1.54) is 96.0 Å². The van der Waals surface area contributed by atoms with Gasteiger partial charge in [-0.05, 0) is 57.8 Å². The van der Waals surface area contributed by atoms with Crippen LogP contribution in [0.1, 0.15) is 168 Å². The van der Waals surface area contributed by atoms with E-state index in [4.69, 9.17) is 0 Å². The zero-order chi connectivity index (χ0) is 31.9. The average molecular weight is 626 g/mol. The largest absolute Gasteiger partial charge is 0.387 e. The van der Waals surface area contributed by atoms with Crippen molar-refractivity contribution >= 4 is 16.0 Å². The average Bonchev–Trinajstić information content (AvgIpc) is 2.96. The van der Waals surface area contributed by atoms with Crippen LogP contribution in [0.2, 0.25) is 0 Å².